The molecule has 0 bridgehead atoms. The summed E-state index contributed by atoms with van der Waals surface area (Å²) in [5.41, 5.74) is 4.57. The Kier molecular flexibility index (Phi) is 23.2. The number of nitrogens with one attached hydrogen (secondary N) is 4. The number of β-amino-alcohol motifs (C(OH)–C–C–N with tert-alkyl or cyclic N) is 2. The lowest BCUT2D eigenvalue weighted by molar-refractivity contribution is -0.144. The molecule has 24 nitrogen and oxygen atoms in total. The summed E-state index contributed by atoms with van der Waals surface area (Å²) < 4.78 is 35.5. The molecule has 0 unspecified atom stereocenters. The highest BCUT2D eigenvalue weighted by Crippen LogP contribution is 2.47. The molecule has 8 rings (SSSR count). The van der Waals surface area contributed by atoms with Gasteiger partial charge in [0.15, 0.2) is 0 Å². The summed E-state index contributed by atoms with van der Waals surface area (Å²) >= 11 is 2.99. The van der Waals surface area contributed by atoms with Gasteiger partial charge in [-0.05, 0) is 73.6 Å². The number of hydrogen-bond acceptors (Lipinski definition) is 20. The number of rotatable bonds is 31. The first-order chi connectivity index (χ1) is 42.9. The Balaban J connectivity index is 0.735. The molecule has 26 heteroatoms. The minimum atomic E-state index is -1.15. The van der Waals surface area contributed by atoms with E-state index in [0.717, 1.165) is 32.3 Å². The Morgan fingerprint density at radius 1 is 0.589 bits per heavy atom. The van der Waals surface area contributed by atoms with Gasteiger partial charge in [0.25, 0.3) is 0 Å². The number of nitriles is 2. The number of aliphatic hydroxyl groups is 2. The zero-order valence-electron chi connectivity index (χ0n) is 52.5. The Labute approximate surface area is 533 Å². The van der Waals surface area contributed by atoms with Crippen LogP contribution in [0.1, 0.15) is 103 Å². The number of thiazole rings is 2. The van der Waals surface area contributed by atoms with Gasteiger partial charge in [0, 0.05) is 50.1 Å². The molecule has 2 aliphatic carbocycles. The maximum atomic E-state index is 14.1. The number of hydrogen-bond donors (Lipinski definition) is 6. The van der Waals surface area contributed by atoms with Gasteiger partial charge in [-0.25, -0.2) is 9.97 Å². The quantitative estimate of drug-likeness (QED) is 0.0365. The highest BCUT2D eigenvalue weighted by Gasteiger charge is 2.55. The number of ether oxygens (including phenoxy) is 6. The van der Waals surface area contributed by atoms with Gasteiger partial charge in [-0.1, -0.05) is 65.8 Å². The predicted molar refractivity (Wildman–Crippen MR) is 332 cm³/mol. The van der Waals surface area contributed by atoms with Gasteiger partial charge in [0.2, 0.25) is 35.4 Å². The van der Waals surface area contributed by atoms with Crippen LogP contribution in [-0.4, -0.2) is 181 Å². The van der Waals surface area contributed by atoms with E-state index in [-0.39, 0.29) is 65.4 Å². The summed E-state index contributed by atoms with van der Waals surface area (Å²) in [5, 5.41) is 52.1. The molecular weight excluding hydrogens is 1200 g/mol. The SMILES string of the molecule is Cc1ncsc1-c1ccc(CNC(=O)[C@@H]2C[C@@H](O)CN2C(=O)[C@@H](NC(=O)C2(C#N)CC2)C(C)(C)C)c(OCCOCCOCCOCCOCCOc2cc(-c3scnc3C)ccc2CNC(=O)[C@@H]2C[C@@H](O)CN2C(=O)[C@@H](NC(=O)C2(C#N)CC2)C(C)(C)C)c1. The summed E-state index contributed by atoms with van der Waals surface area (Å²) in [6, 6.07) is 11.4. The molecule has 0 radical (unpaired) electrons. The molecule has 4 aliphatic rings. The maximum absolute atomic E-state index is 14.1. The minimum Gasteiger partial charge on any atom is -0.491 e. The number of carbonyl (C=O) groups excluding carboxylic acids is 6. The highest BCUT2D eigenvalue weighted by molar-refractivity contribution is 7.13. The third-order valence-electron chi connectivity index (χ3n) is 16.4. The average molecular weight is 1280 g/mol. The van der Waals surface area contributed by atoms with E-state index in [2.05, 4.69) is 43.4 Å². The predicted octanol–water partition coefficient (Wildman–Crippen LogP) is 4.90. The summed E-state index contributed by atoms with van der Waals surface area (Å²) in [5.74, 6) is -1.93. The van der Waals surface area contributed by atoms with Crippen LogP contribution in [0.5, 0.6) is 11.5 Å². The van der Waals surface area contributed by atoms with Gasteiger partial charge in [0.05, 0.1) is 109 Å². The van der Waals surface area contributed by atoms with E-state index < -0.39 is 93.5 Å². The summed E-state index contributed by atoms with van der Waals surface area (Å²) in [4.78, 5) is 95.5. The highest BCUT2D eigenvalue weighted by atomic mass is 32.1. The summed E-state index contributed by atoms with van der Waals surface area (Å²) in [6.07, 6.45) is -0.199. The molecule has 4 aromatic rings. The molecule has 90 heavy (non-hydrogen) atoms. The monoisotopic (exact) mass is 1280 g/mol. The van der Waals surface area contributed by atoms with E-state index in [1.54, 1.807) is 52.6 Å². The molecule has 2 aromatic carbocycles. The smallest absolute Gasteiger partial charge is 0.246 e. The number of benzene rings is 2. The van der Waals surface area contributed by atoms with Gasteiger partial charge in [0.1, 0.15) is 59.7 Å². The van der Waals surface area contributed by atoms with Crippen LogP contribution >= 0.6 is 22.7 Å². The molecule has 0 spiro atoms. The van der Waals surface area contributed by atoms with Crippen LogP contribution in [0.2, 0.25) is 0 Å². The van der Waals surface area contributed by atoms with E-state index in [1.807, 2.05) is 50.2 Å². The summed E-state index contributed by atoms with van der Waals surface area (Å²) in [7, 11) is 0. The second-order valence-corrected chi connectivity index (χ2v) is 27.2. The number of likely N-dealkylation sites (tertiary alicyclic amines) is 2. The second-order valence-electron chi connectivity index (χ2n) is 25.5. The standard InChI is InChI=1S/C64H84N10O14S2/c1-39-51(89-37-69-39)41-9-11-43(31-67-55(77)47-29-45(75)33-73(47)57(79)53(61(3,4)5)71-59(81)63(35-65)13-14-63)49(27-41)87-25-23-85-21-19-83-17-18-84-20-22-86-24-26-88-50-28-42(52-40(2)70-38-90-52)10-12-44(50)32-68-56(78)48-30-46(76)34-74(48)58(80)54(62(6,7)8)72-60(82)64(36-66)15-16-64/h9-12,27-28,37-38,45-48,53-54,75-76H,13-26,29-34H2,1-8H3,(H,67,77)(H,68,78)(H,71,81)(H,72,82)/t45-,46-,47+,48+,53-,54-/m1/s1. The number of aliphatic hydroxyl groups excluding tert-OH is 2. The Bertz CT molecular complexity index is 3070. The van der Waals surface area contributed by atoms with Gasteiger partial charge < -0.3 is 69.7 Å². The fraction of sp³-hybridized carbons (Fsp3) is 0.594. The molecule has 4 heterocycles. The molecule has 6 amide bonds. The Hall–Kier alpha value is -7.14. The van der Waals surface area contributed by atoms with Crippen LogP contribution in [0.3, 0.4) is 0 Å². The third kappa shape index (κ3) is 17.5. The lowest BCUT2D eigenvalue weighted by Crippen LogP contribution is -2.58. The van der Waals surface area contributed by atoms with Gasteiger partial charge in [-0.2, -0.15) is 10.5 Å². The van der Waals surface area contributed by atoms with E-state index >= 15 is 0 Å². The first-order valence-corrected chi connectivity index (χ1v) is 32.2. The number of amides is 6. The van der Waals surface area contributed by atoms with Crippen molar-refractivity contribution in [3.63, 3.8) is 0 Å². The molecule has 4 fully saturated rings. The number of carbonyl (C=O) groups is 6. The van der Waals surface area contributed by atoms with Gasteiger partial charge in [-0.15, -0.1) is 22.7 Å². The van der Waals surface area contributed by atoms with Crippen LogP contribution in [-0.2, 0) is 60.8 Å². The minimum absolute atomic E-state index is 0.0168. The van der Waals surface area contributed by atoms with Crippen molar-refractivity contribution in [1.29, 1.82) is 10.5 Å². The molecule has 2 aliphatic heterocycles. The van der Waals surface area contributed by atoms with E-state index in [9.17, 15) is 49.5 Å². The van der Waals surface area contributed by atoms with Crippen LogP contribution in [0.4, 0.5) is 0 Å². The van der Waals surface area contributed by atoms with Crippen LogP contribution in [0, 0.1) is 58.2 Å². The zero-order valence-corrected chi connectivity index (χ0v) is 54.2. The first-order valence-electron chi connectivity index (χ1n) is 30.5. The number of aromatic nitrogens is 2. The van der Waals surface area contributed by atoms with Crippen molar-refractivity contribution in [2.75, 3.05) is 79.2 Å². The van der Waals surface area contributed by atoms with Crippen molar-refractivity contribution in [1.82, 2.24) is 41.0 Å². The normalized spacial score (nSPS) is 19.6. The Morgan fingerprint density at radius 2 is 0.933 bits per heavy atom. The molecule has 486 valence electrons. The van der Waals surface area contributed by atoms with Crippen molar-refractivity contribution < 1.29 is 67.4 Å². The van der Waals surface area contributed by atoms with Gasteiger partial charge in [-0.3, -0.25) is 28.8 Å². The van der Waals surface area contributed by atoms with Crippen LogP contribution in [0.15, 0.2) is 47.4 Å². The zero-order chi connectivity index (χ0) is 65.0. The number of nitrogens with zero attached hydrogens (tertiary/aromatic N) is 6. The summed E-state index contributed by atoms with van der Waals surface area (Å²) in [6.45, 7) is 17.3. The van der Waals surface area contributed by atoms with Crippen molar-refractivity contribution >= 4 is 58.1 Å². The third-order valence-corrected chi connectivity index (χ3v) is 18.4. The first kappa shape index (κ1) is 68.8. The molecule has 2 aromatic heterocycles. The van der Waals surface area contributed by atoms with Gasteiger partial charge >= 0.3 is 0 Å². The van der Waals surface area contributed by atoms with E-state index in [0.29, 0.717) is 88.0 Å². The fourth-order valence-electron chi connectivity index (χ4n) is 10.7. The largest absolute Gasteiger partial charge is 0.491 e. The maximum Gasteiger partial charge on any atom is 0.246 e. The van der Waals surface area contributed by atoms with Crippen LogP contribution in [0.25, 0.3) is 20.9 Å². The fourth-order valence-corrected chi connectivity index (χ4v) is 12.3. The topological polar surface area (TPSA) is 326 Å². The van der Waals surface area contributed by atoms with Crippen LogP contribution < -0.4 is 30.7 Å². The van der Waals surface area contributed by atoms with Crippen molar-refractivity contribution in [3.8, 4) is 44.5 Å². The van der Waals surface area contributed by atoms with E-state index in [4.69, 9.17) is 28.4 Å². The Morgan fingerprint density at radius 3 is 1.23 bits per heavy atom. The molecule has 6 atom stereocenters. The molecule has 6 N–H and O–H groups in total. The van der Waals surface area contributed by atoms with Crippen molar-refractivity contribution in [2.24, 2.45) is 21.7 Å². The molecule has 2 saturated carbocycles. The van der Waals surface area contributed by atoms with Crippen molar-refractivity contribution in [3.05, 3.63) is 69.9 Å². The average Bonchev–Trinajstić information content (AvgIpc) is 1.64. The lowest BCUT2D eigenvalue weighted by atomic mass is 9.85. The molecular formula is C64H84N10O14S2. The lowest BCUT2D eigenvalue weighted by Gasteiger charge is -2.35. The van der Waals surface area contributed by atoms with Crippen molar-refractivity contribution in [2.45, 2.75) is 143 Å². The number of aryl methyl sites for hydroxylation is 2. The second kappa shape index (κ2) is 30.3. The molecule has 2 saturated heterocycles. The van der Waals surface area contributed by atoms with E-state index in [1.165, 1.54) is 32.5 Å².